The summed E-state index contributed by atoms with van der Waals surface area (Å²) in [5.41, 5.74) is 1.36. The van der Waals surface area contributed by atoms with Crippen LogP contribution in [-0.2, 0) is 9.59 Å². The van der Waals surface area contributed by atoms with Crippen molar-refractivity contribution in [2.24, 2.45) is 5.92 Å². The van der Waals surface area contributed by atoms with E-state index in [0.29, 0.717) is 29.6 Å². The summed E-state index contributed by atoms with van der Waals surface area (Å²) in [5, 5.41) is 11.4. The highest BCUT2D eigenvalue weighted by Gasteiger charge is 2.48. The molecule has 180 valence electrons. The molecule has 0 aromatic heterocycles. The molecule has 0 bridgehead atoms. The number of Topliss-reactive ketones (excluding diaryl/α,β-unsaturated/α-hetero) is 1. The van der Waals surface area contributed by atoms with E-state index in [1.807, 2.05) is 30.3 Å². The number of carbonyl (C=O) groups is 2. The van der Waals surface area contributed by atoms with Crippen LogP contribution in [0.15, 0.2) is 54.1 Å². The van der Waals surface area contributed by atoms with Crippen molar-refractivity contribution in [3.8, 4) is 11.5 Å². The Labute approximate surface area is 201 Å². The normalized spacial score (nSPS) is 20.7. The number of rotatable bonds is 7. The number of methoxy groups -OCH3 is 1. The fraction of sp³-hybridized carbons (Fsp3) is 0.429. The molecule has 1 aliphatic heterocycles. The van der Waals surface area contributed by atoms with Crippen molar-refractivity contribution in [2.45, 2.75) is 58.0 Å². The molecule has 0 radical (unpaired) electrons. The predicted octanol–water partition coefficient (Wildman–Crippen LogP) is 5.48. The zero-order valence-corrected chi connectivity index (χ0v) is 20.1. The summed E-state index contributed by atoms with van der Waals surface area (Å²) in [7, 11) is 1.59. The maximum absolute atomic E-state index is 13.3. The van der Waals surface area contributed by atoms with E-state index in [1.165, 1.54) is 0 Å². The van der Waals surface area contributed by atoms with Gasteiger partial charge in [0.2, 0.25) is 0 Å². The molecule has 34 heavy (non-hydrogen) atoms. The van der Waals surface area contributed by atoms with Gasteiger partial charge in [-0.1, -0.05) is 57.4 Å². The lowest BCUT2D eigenvalue weighted by molar-refractivity contribution is -0.141. The van der Waals surface area contributed by atoms with Gasteiger partial charge in [-0.05, 0) is 48.6 Å². The molecule has 1 aliphatic carbocycles. The number of hydrogen-bond donors (Lipinski definition) is 1. The van der Waals surface area contributed by atoms with Crippen LogP contribution in [0.25, 0.3) is 5.76 Å². The van der Waals surface area contributed by atoms with Crippen LogP contribution >= 0.6 is 0 Å². The van der Waals surface area contributed by atoms with E-state index in [9.17, 15) is 14.7 Å². The number of amides is 1. The average molecular weight is 464 g/mol. The summed E-state index contributed by atoms with van der Waals surface area (Å²) in [4.78, 5) is 28.3. The lowest BCUT2D eigenvalue weighted by Crippen LogP contribution is -2.40. The van der Waals surface area contributed by atoms with E-state index < -0.39 is 17.7 Å². The highest BCUT2D eigenvalue weighted by Crippen LogP contribution is 2.43. The van der Waals surface area contributed by atoms with E-state index in [4.69, 9.17) is 9.47 Å². The second-order valence-electron chi connectivity index (χ2n) is 9.50. The molecule has 6 heteroatoms. The van der Waals surface area contributed by atoms with Gasteiger partial charge >= 0.3 is 0 Å². The lowest BCUT2D eigenvalue weighted by atomic mass is 9.91. The first-order valence-corrected chi connectivity index (χ1v) is 12.1. The molecular weight excluding hydrogens is 430 g/mol. The van der Waals surface area contributed by atoms with E-state index >= 15 is 0 Å². The third-order valence-corrected chi connectivity index (χ3v) is 6.57. The highest BCUT2D eigenvalue weighted by atomic mass is 16.5. The Hall–Kier alpha value is -3.28. The molecule has 0 spiro atoms. The zero-order valence-electron chi connectivity index (χ0n) is 20.1. The Kier molecular flexibility index (Phi) is 7.25. The molecule has 2 fully saturated rings. The van der Waals surface area contributed by atoms with Crippen molar-refractivity contribution in [1.29, 1.82) is 0 Å². The van der Waals surface area contributed by atoms with Crippen LogP contribution in [0.3, 0.4) is 0 Å². The molecule has 4 rings (SSSR count). The molecule has 1 heterocycles. The van der Waals surface area contributed by atoms with Crippen LogP contribution in [-0.4, -0.2) is 41.5 Å². The van der Waals surface area contributed by atoms with Crippen LogP contribution in [0.1, 0.15) is 63.1 Å². The van der Waals surface area contributed by atoms with E-state index in [0.717, 1.165) is 37.7 Å². The Morgan fingerprint density at radius 1 is 1.03 bits per heavy atom. The minimum atomic E-state index is -0.644. The standard InChI is InChI=1S/C28H33NO5/c1-18(2)17-34-23-11-7-8-20(16-23)26(30)24-25(19-12-14-22(33-3)15-13-19)29(28(32)27(24)31)21-9-5-4-6-10-21/h7-8,11-16,18,21,25,30H,4-6,9-10,17H2,1-3H3/b26-24-. The highest BCUT2D eigenvalue weighted by molar-refractivity contribution is 6.46. The maximum Gasteiger partial charge on any atom is 0.295 e. The van der Waals surface area contributed by atoms with Crippen molar-refractivity contribution >= 4 is 17.4 Å². The summed E-state index contributed by atoms with van der Waals surface area (Å²) in [6, 6.07) is 13.7. The summed E-state index contributed by atoms with van der Waals surface area (Å²) in [5.74, 6) is 0.299. The molecule has 2 aromatic rings. The van der Waals surface area contributed by atoms with Crippen molar-refractivity contribution < 1.29 is 24.2 Å². The lowest BCUT2D eigenvalue weighted by Gasteiger charge is -2.35. The number of aliphatic hydroxyl groups is 1. The topological polar surface area (TPSA) is 76.1 Å². The van der Waals surface area contributed by atoms with Crippen molar-refractivity contribution in [2.75, 3.05) is 13.7 Å². The number of carbonyl (C=O) groups excluding carboxylic acids is 2. The first kappa shape index (κ1) is 23.9. The average Bonchev–Trinajstić information content (AvgIpc) is 3.13. The SMILES string of the molecule is COc1ccc(C2/C(=C(/O)c3cccc(OCC(C)C)c3)C(=O)C(=O)N2C2CCCCC2)cc1. The summed E-state index contributed by atoms with van der Waals surface area (Å²) in [6.45, 7) is 4.67. The van der Waals surface area contributed by atoms with Gasteiger partial charge in [-0.3, -0.25) is 9.59 Å². The number of ether oxygens (including phenoxy) is 2. The Morgan fingerprint density at radius 2 is 1.74 bits per heavy atom. The predicted molar refractivity (Wildman–Crippen MR) is 131 cm³/mol. The van der Waals surface area contributed by atoms with Gasteiger partial charge in [0.05, 0.1) is 25.3 Å². The smallest absolute Gasteiger partial charge is 0.295 e. The van der Waals surface area contributed by atoms with E-state index in [2.05, 4.69) is 13.8 Å². The van der Waals surface area contributed by atoms with Crippen LogP contribution < -0.4 is 9.47 Å². The number of nitrogens with zero attached hydrogens (tertiary/aromatic N) is 1. The quantitative estimate of drug-likeness (QED) is 0.334. The molecule has 1 N–H and O–H groups in total. The summed E-state index contributed by atoms with van der Waals surface area (Å²) in [6.07, 6.45) is 4.91. The number of aliphatic hydroxyl groups excluding tert-OH is 1. The van der Waals surface area contributed by atoms with Gasteiger partial charge in [0.15, 0.2) is 0 Å². The first-order chi connectivity index (χ1) is 16.4. The van der Waals surface area contributed by atoms with Crippen molar-refractivity contribution in [1.82, 2.24) is 4.90 Å². The largest absolute Gasteiger partial charge is 0.507 e. The molecule has 1 atom stereocenters. The molecule has 2 aromatic carbocycles. The van der Waals surface area contributed by atoms with Gasteiger partial charge in [-0.25, -0.2) is 0 Å². The van der Waals surface area contributed by atoms with Gasteiger partial charge in [0.1, 0.15) is 17.3 Å². The monoisotopic (exact) mass is 463 g/mol. The Balaban J connectivity index is 1.79. The minimum Gasteiger partial charge on any atom is -0.507 e. The van der Waals surface area contributed by atoms with Gasteiger partial charge in [0, 0.05) is 11.6 Å². The van der Waals surface area contributed by atoms with Gasteiger partial charge < -0.3 is 19.5 Å². The number of ketones is 1. The molecule has 1 amide bonds. The van der Waals surface area contributed by atoms with Gasteiger partial charge in [-0.15, -0.1) is 0 Å². The summed E-state index contributed by atoms with van der Waals surface area (Å²) >= 11 is 0. The maximum atomic E-state index is 13.3. The van der Waals surface area contributed by atoms with Crippen LogP contribution in [0.2, 0.25) is 0 Å². The van der Waals surface area contributed by atoms with Crippen LogP contribution in [0, 0.1) is 5.92 Å². The number of hydrogen-bond acceptors (Lipinski definition) is 5. The van der Waals surface area contributed by atoms with E-state index in [-0.39, 0.29) is 17.4 Å². The first-order valence-electron chi connectivity index (χ1n) is 12.1. The Bertz CT molecular complexity index is 1070. The molecule has 2 aliphatic rings. The van der Waals surface area contributed by atoms with Crippen molar-refractivity contribution in [3.05, 3.63) is 65.2 Å². The number of likely N-dealkylation sites (tertiary alicyclic amines) is 1. The minimum absolute atomic E-state index is 0.0247. The fourth-order valence-electron chi connectivity index (χ4n) is 4.85. The fourth-order valence-corrected chi connectivity index (χ4v) is 4.85. The third kappa shape index (κ3) is 4.81. The zero-order chi connectivity index (χ0) is 24.2. The van der Waals surface area contributed by atoms with Crippen LogP contribution in [0.5, 0.6) is 11.5 Å². The third-order valence-electron chi connectivity index (χ3n) is 6.57. The molecule has 1 unspecified atom stereocenters. The van der Waals surface area contributed by atoms with Crippen molar-refractivity contribution in [3.63, 3.8) is 0 Å². The molecular formula is C28H33NO5. The van der Waals surface area contributed by atoms with Gasteiger partial charge in [0.25, 0.3) is 11.7 Å². The second kappa shape index (κ2) is 10.3. The van der Waals surface area contributed by atoms with E-state index in [1.54, 1.807) is 30.2 Å². The molecule has 1 saturated carbocycles. The molecule has 6 nitrogen and oxygen atoms in total. The summed E-state index contributed by atoms with van der Waals surface area (Å²) < 4.78 is 11.1. The molecule has 1 saturated heterocycles. The second-order valence-corrected chi connectivity index (χ2v) is 9.50. The van der Waals surface area contributed by atoms with Gasteiger partial charge in [-0.2, -0.15) is 0 Å². The number of benzene rings is 2. The van der Waals surface area contributed by atoms with Crippen LogP contribution in [0.4, 0.5) is 0 Å². The Morgan fingerprint density at radius 3 is 2.38 bits per heavy atom.